The van der Waals surface area contributed by atoms with Crippen LogP contribution in [-0.2, 0) is 27.0 Å². The van der Waals surface area contributed by atoms with Gasteiger partial charge in [-0.3, -0.25) is 0 Å². The molecule has 0 fully saturated rings. The van der Waals surface area contributed by atoms with Crippen LogP contribution in [0, 0.1) is 0 Å². The van der Waals surface area contributed by atoms with Crippen LogP contribution in [0.5, 0.6) is 0 Å². The zero-order chi connectivity index (χ0) is 18.5. The summed E-state index contributed by atoms with van der Waals surface area (Å²) >= 11 is 0. The molecule has 0 heterocycles. The fourth-order valence-corrected chi connectivity index (χ4v) is 2.45. The normalized spacial score (nSPS) is 9.68. The third kappa shape index (κ3) is 35.4. The topological polar surface area (TPSA) is 80.3 Å². The largest absolute Gasteiger partial charge is 2.00 e. The predicted molar refractivity (Wildman–Crippen MR) is 95.2 cm³/mol. The van der Waals surface area contributed by atoms with Crippen LogP contribution in [-0.4, -0.2) is 11.9 Å². The van der Waals surface area contributed by atoms with E-state index in [2.05, 4.69) is 13.8 Å². The monoisotopic (exact) mass is 394 g/mol. The van der Waals surface area contributed by atoms with Crippen LogP contribution in [0.15, 0.2) is 0 Å². The first-order valence-electron chi connectivity index (χ1n) is 9.94. The number of carboxylic acid groups (broad SMARTS) is 2. The van der Waals surface area contributed by atoms with Crippen LogP contribution < -0.4 is 10.2 Å². The Balaban J connectivity index is -0.000000372. The first-order chi connectivity index (χ1) is 11.5. The van der Waals surface area contributed by atoms with E-state index in [0.717, 1.165) is 25.7 Å². The van der Waals surface area contributed by atoms with Gasteiger partial charge in [0.1, 0.15) is 0 Å². The number of carbonyl (C=O) groups is 2. The fourth-order valence-electron chi connectivity index (χ4n) is 2.45. The van der Waals surface area contributed by atoms with Crippen molar-refractivity contribution < 1.29 is 37.2 Å². The second kappa shape index (κ2) is 25.7. The zero-order valence-electron chi connectivity index (χ0n) is 16.4. The van der Waals surface area contributed by atoms with Gasteiger partial charge >= 0.3 is 17.4 Å². The standard InChI is InChI=1S/2C10H20O2.Cr/c2*1-2-3-4-5-6-7-8-9-10(11)12;/h2*2-9H2,1H3,(H,11,12);/q;;+2/p-2. The number of rotatable bonds is 16. The van der Waals surface area contributed by atoms with E-state index >= 15 is 0 Å². The minimum absolute atomic E-state index is 0. The van der Waals surface area contributed by atoms with E-state index in [9.17, 15) is 19.8 Å². The second-order valence-corrected chi connectivity index (χ2v) is 6.49. The van der Waals surface area contributed by atoms with E-state index in [-0.39, 0.29) is 30.2 Å². The van der Waals surface area contributed by atoms with Crippen molar-refractivity contribution in [2.75, 3.05) is 0 Å². The Kier molecular flexibility index (Phi) is 30.1. The van der Waals surface area contributed by atoms with E-state index in [4.69, 9.17) is 0 Å². The summed E-state index contributed by atoms with van der Waals surface area (Å²) in [4.78, 5) is 20.0. The molecule has 0 aliphatic rings. The maximum Gasteiger partial charge on any atom is 2.00 e. The molecule has 0 saturated carbocycles. The second-order valence-electron chi connectivity index (χ2n) is 6.49. The molecule has 5 heteroatoms. The number of aliphatic carboxylic acids is 2. The van der Waals surface area contributed by atoms with Crippen molar-refractivity contribution in [3.63, 3.8) is 0 Å². The molecule has 0 saturated heterocycles. The Morgan fingerprint density at radius 2 is 0.760 bits per heavy atom. The molecule has 0 rings (SSSR count). The molecule has 0 bridgehead atoms. The molecule has 4 nitrogen and oxygen atoms in total. The van der Waals surface area contributed by atoms with E-state index in [0.29, 0.717) is 0 Å². The number of carboxylic acids is 2. The van der Waals surface area contributed by atoms with Gasteiger partial charge in [-0.15, -0.1) is 0 Å². The summed E-state index contributed by atoms with van der Waals surface area (Å²) < 4.78 is 0. The molecule has 148 valence electrons. The van der Waals surface area contributed by atoms with Crippen LogP contribution >= 0.6 is 0 Å². The molecule has 0 aliphatic heterocycles. The summed E-state index contributed by atoms with van der Waals surface area (Å²) in [5.74, 6) is -1.83. The van der Waals surface area contributed by atoms with Gasteiger partial charge in [-0.2, -0.15) is 0 Å². The Morgan fingerprint density at radius 3 is 1.00 bits per heavy atom. The van der Waals surface area contributed by atoms with Crippen LogP contribution in [0.4, 0.5) is 0 Å². The Hall–Kier alpha value is -0.528. The van der Waals surface area contributed by atoms with Crippen LogP contribution in [0.25, 0.3) is 0 Å². The molecular weight excluding hydrogens is 356 g/mol. The Morgan fingerprint density at radius 1 is 0.520 bits per heavy atom. The van der Waals surface area contributed by atoms with E-state index < -0.39 is 11.9 Å². The van der Waals surface area contributed by atoms with Crippen molar-refractivity contribution >= 4 is 11.9 Å². The molecule has 0 amide bonds. The summed E-state index contributed by atoms with van der Waals surface area (Å²) in [7, 11) is 0. The van der Waals surface area contributed by atoms with Crippen LogP contribution in [0.3, 0.4) is 0 Å². The Labute approximate surface area is 165 Å². The maximum atomic E-state index is 10.0. The van der Waals surface area contributed by atoms with Gasteiger partial charge in [-0.25, -0.2) is 0 Å². The summed E-state index contributed by atoms with van der Waals surface area (Å²) in [6, 6.07) is 0. The minimum atomic E-state index is -0.913. The smallest absolute Gasteiger partial charge is 0.550 e. The SMILES string of the molecule is CCCCCCCCCC(=O)[O-].CCCCCCCCCC(=O)[O-].[Cr+2]. The third-order valence-corrected chi connectivity index (χ3v) is 3.97. The van der Waals surface area contributed by atoms with Crippen LogP contribution in [0.2, 0.25) is 0 Å². The third-order valence-electron chi connectivity index (χ3n) is 3.97. The van der Waals surface area contributed by atoms with E-state index in [1.807, 2.05) is 0 Å². The molecule has 0 atom stereocenters. The van der Waals surface area contributed by atoms with Gasteiger partial charge in [0.2, 0.25) is 0 Å². The van der Waals surface area contributed by atoms with Crippen molar-refractivity contribution in [3.8, 4) is 0 Å². The molecule has 0 aromatic rings. The molecule has 0 radical (unpaired) electrons. The zero-order valence-corrected chi connectivity index (χ0v) is 17.6. The van der Waals surface area contributed by atoms with Gasteiger partial charge in [0.05, 0.1) is 0 Å². The van der Waals surface area contributed by atoms with Crippen molar-refractivity contribution in [2.45, 2.75) is 117 Å². The van der Waals surface area contributed by atoms with E-state index in [1.54, 1.807) is 0 Å². The van der Waals surface area contributed by atoms with Crippen LogP contribution in [0.1, 0.15) is 117 Å². The molecule has 0 aromatic heterocycles. The van der Waals surface area contributed by atoms with Gasteiger partial charge in [0.25, 0.3) is 0 Å². The number of carbonyl (C=O) groups excluding carboxylic acids is 2. The van der Waals surface area contributed by atoms with Gasteiger partial charge in [-0.05, 0) is 25.7 Å². The predicted octanol–water partition coefficient (Wildman–Crippen LogP) is 3.75. The van der Waals surface area contributed by atoms with Crippen molar-refractivity contribution in [2.24, 2.45) is 0 Å². The van der Waals surface area contributed by atoms with E-state index in [1.165, 1.54) is 64.2 Å². The van der Waals surface area contributed by atoms with Gasteiger partial charge in [0, 0.05) is 11.9 Å². The Bertz CT molecular complexity index is 255. The first kappa shape index (κ1) is 29.2. The first-order valence-corrected chi connectivity index (χ1v) is 9.94. The van der Waals surface area contributed by atoms with Gasteiger partial charge in [0.15, 0.2) is 0 Å². The molecular formula is C20H38CrO4. The van der Waals surface area contributed by atoms with Crippen molar-refractivity contribution in [3.05, 3.63) is 0 Å². The summed E-state index contributed by atoms with van der Waals surface area (Å²) in [6.07, 6.45) is 16.7. The number of hydrogen-bond donors (Lipinski definition) is 0. The minimum Gasteiger partial charge on any atom is -0.550 e. The maximum absolute atomic E-state index is 10.0. The fraction of sp³-hybridized carbons (Fsp3) is 0.900. The average Bonchev–Trinajstić information content (AvgIpc) is 2.53. The van der Waals surface area contributed by atoms with Crippen molar-refractivity contribution in [1.29, 1.82) is 0 Å². The number of unbranched alkanes of at least 4 members (excludes halogenated alkanes) is 12. The molecule has 0 N–H and O–H groups in total. The van der Waals surface area contributed by atoms with Gasteiger partial charge in [-0.1, -0.05) is 90.9 Å². The van der Waals surface area contributed by atoms with Crippen molar-refractivity contribution in [1.82, 2.24) is 0 Å². The molecule has 0 aliphatic carbocycles. The van der Waals surface area contributed by atoms with Gasteiger partial charge < -0.3 is 19.8 Å². The quantitative estimate of drug-likeness (QED) is 0.373. The summed E-state index contributed by atoms with van der Waals surface area (Å²) in [5, 5.41) is 20.0. The summed E-state index contributed by atoms with van der Waals surface area (Å²) in [5.41, 5.74) is 0. The summed E-state index contributed by atoms with van der Waals surface area (Å²) in [6.45, 7) is 4.38. The number of hydrogen-bond acceptors (Lipinski definition) is 4. The molecule has 25 heavy (non-hydrogen) atoms. The average molecular weight is 395 g/mol. The molecule has 0 spiro atoms. The molecule has 0 aromatic carbocycles. The molecule has 0 unspecified atom stereocenters.